The molecular weight excluding hydrogens is 302 g/mol. The Kier molecular flexibility index (Phi) is 7.39. The van der Waals surface area contributed by atoms with Crippen molar-refractivity contribution in [2.75, 3.05) is 27.8 Å². The summed E-state index contributed by atoms with van der Waals surface area (Å²) in [6.07, 6.45) is 0. The number of aliphatic imine (C=N–C) groups is 1. The molecule has 1 atom stereocenters. The number of nitrogens with one attached hydrogen (secondary N) is 2. The second kappa shape index (κ2) is 8.81. The van der Waals surface area contributed by atoms with Crippen molar-refractivity contribution in [2.45, 2.75) is 46.1 Å². The Hall–Kier alpha value is -1.91. The highest BCUT2D eigenvalue weighted by Crippen LogP contribution is 2.32. The molecule has 1 aromatic carbocycles. The number of methoxy groups -OCH3 is 2. The van der Waals surface area contributed by atoms with Crippen LogP contribution in [0.3, 0.4) is 0 Å². The first kappa shape index (κ1) is 20.1. The Bertz CT molecular complexity index is 554. The minimum Gasteiger partial charge on any atom is -0.493 e. The second-order valence-electron chi connectivity index (χ2n) is 7.06. The van der Waals surface area contributed by atoms with Crippen molar-refractivity contribution in [1.29, 1.82) is 0 Å². The van der Waals surface area contributed by atoms with Crippen molar-refractivity contribution < 1.29 is 9.47 Å². The summed E-state index contributed by atoms with van der Waals surface area (Å²) >= 11 is 0. The monoisotopic (exact) mass is 335 g/mol. The van der Waals surface area contributed by atoms with Crippen molar-refractivity contribution in [3.8, 4) is 11.5 Å². The van der Waals surface area contributed by atoms with E-state index in [9.17, 15) is 0 Å². The molecule has 1 aromatic rings. The van der Waals surface area contributed by atoms with Gasteiger partial charge in [-0.15, -0.1) is 0 Å². The normalized spacial score (nSPS) is 13.6. The number of ether oxygens (including phenoxy) is 2. The minimum atomic E-state index is -0.0851. The van der Waals surface area contributed by atoms with Gasteiger partial charge in [0.05, 0.1) is 14.2 Å². The summed E-state index contributed by atoms with van der Waals surface area (Å²) in [6.45, 7) is 11.7. The lowest BCUT2D eigenvalue weighted by Gasteiger charge is -2.28. The van der Waals surface area contributed by atoms with Gasteiger partial charge in [-0.05, 0) is 30.5 Å². The van der Waals surface area contributed by atoms with Crippen molar-refractivity contribution >= 4 is 5.96 Å². The van der Waals surface area contributed by atoms with E-state index in [1.54, 1.807) is 21.3 Å². The van der Waals surface area contributed by atoms with E-state index in [0.29, 0.717) is 12.0 Å². The highest BCUT2D eigenvalue weighted by Gasteiger charge is 2.23. The van der Waals surface area contributed by atoms with Crippen LogP contribution in [0.15, 0.2) is 23.2 Å². The lowest BCUT2D eigenvalue weighted by atomic mass is 9.84. The van der Waals surface area contributed by atoms with Gasteiger partial charge in [0.15, 0.2) is 17.5 Å². The van der Waals surface area contributed by atoms with Crippen molar-refractivity contribution in [2.24, 2.45) is 10.9 Å². The van der Waals surface area contributed by atoms with Crippen molar-refractivity contribution in [1.82, 2.24) is 10.6 Å². The highest BCUT2D eigenvalue weighted by atomic mass is 16.5. The first-order chi connectivity index (χ1) is 11.2. The molecule has 5 nitrogen and oxygen atoms in total. The zero-order chi connectivity index (χ0) is 18.3. The van der Waals surface area contributed by atoms with Crippen molar-refractivity contribution in [3.63, 3.8) is 0 Å². The average molecular weight is 335 g/mol. The van der Waals surface area contributed by atoms with Crippen LogP contribution in [0, 0.1) is 5.92 Å². The van der Waals surface area contributed by atoms with Gasteiger partial charge in [-0.2, -0.15) is 0 Å². The van der Waals surface area contributed by atoms with Crippen LogP contribution in [-0.4, -0.2) is 39.8 Å². The molecule has 0 aromatic heterocycles. The minimum absolute atomic E-state index is 0.0851. The summed E-state index contributed by atoms with van der Waals surface area (Å²) in [7, 11) is 5.10. The van der Waals surface area contributed by atoms with Crippen LogP contribution < -0.4 is 20.1 Å². The van der Waals surface area contributed by atoms with Crippen LogP contribution in [0.5, 0.6) is 11.5 Å². The number of guanidine groups is 1. The molecule has 0 amide bonds. The number of hydrogen-bond acceptors (Lipinski definition) is 3. The van der Waals surface area contributed by atoms with Crippen LogP contribution in [0.25, 0.3) is 0 Å². The number of nitrogens with zero attached hydrogens (tertiary/aromatic N) is 1. The largest absolute Gasteiger partial charge is 0.493 e. The smallest absolute Gasteiger partial charge is 0.191 e. The zero-order valence-electron chi connectivity index (χ0n) is 16.4. The lowest BCUT2D eigenvalue weighted by Crippen LogP contribution is -2.47. The predicted octanol–water partition coefficient (Wildman–Crippen LogP) is 3.19. The maximum atomic E-state index is 5.42. The van der Waals surface area contributed by atoms with E-state index >= 15 is 0 Å². The molecule has 0 radical (unpaired) electrons. The summed E-state index contributed by atoms with van der Waals surface area (Å²) in [6, 6.07) is 6.42. The molecule has 0 aliphatic rings. The van der Waals surface area contributed by atoms with Crippen molar-refractivity contribution in [3.05, 3.63) is 23.8 Å². The van der Waals surface area contributed by atoms with E-state index < -0.39 is 0 Å². The molecule has 136 valence electrons. The Labute approximate surface area is 146 Å². The van der Waals surface area contributed by atoms with Gasteiger partial charge in [-0.25, -0.2) is 0 Å². The van der Waals surface area contributed by atoms with E-state index in [-0.39, 0.29) is 5.41 Å². The Morgan fingerprint density at radius 3 is 2.25 bits per heavy atom. The van der Waals surface area contributed by atoms with Gasteiger partial charge in [0.1, 0.15) is 0 Å². The molecule has 24 heavy (non-hydrogen) atoms. The van der Waals surface area contributed by atoms with Crippen LogP contribution in [-0.2, 0) is 5.41 Å². The molecule has 0 saturated heterocycles. The molecule has 0 spiro atoms. The fourth-order valence-corrected chi connectivity index (χ4v) is 2.24. The van der Waals surface area contributed by atoms with E-state index in [1.807, 2.05) is 12.1 Å². The molecule has 0 aliphatic heterocycles. The summed E-state index contributed by atoms with van der Waals surface area (Å²) in [5.41, 5.74) is 1.10. The third-order valence-corrected chi connectivity index (χ3v) is 4.45. The molecule has 5 heteroatoms. The van der Waals surface area contributed by atoms with Gasteiger partial charge in [-0.3, -0.25) is 4.99 Å². The maximum Gasteiger partial charge on any atom is 0.191 e. The quantitative estimate of drug-likeness (QED) is 0.593. The first-order valence-electron chi connectivity index (χ1n) is 8.44. The Morgan fingerprint density at radius 1 is 1.12 bits per heavy atom. The number of rotatable bonds is 7. The fourth-order valence-electron chi connectivity index (χ4n) is 2.24. The predicted molar refractivity (Wildman–Crippen MR) is 101 cm³/mol. The SMILES string of the molecule is CN=C(NCC(C)(C)c1ccc(OC)c(OC)c1)NC(C)C(C)C. The summed E-state index contributed by atoms with van der Waals surface area (Å²) in [5, 5.41) is 6.85. The Balaban J connectivity index is 2.82. The van der Waals surface area contributed by atoms with Gasteiger partial charge >= 0.3 is 0 Å². The van der Waals surface area contributed by atoms with Crippen LogP contribution in [0.4, 0.5) is 0 Å². The molecular formula is C19H33N3O2. The molecule has 0 bridgehead atoms. The lowest BCUT2D eigenvalue weighted by molar-refractivity contribution is 0.353. The fraction of sp³-hybridized carbons (Fsp3) is 0.632. The van der Waals surface area contributed by atoms with Gasteiger partial charge < -0.3 is 20.1 Å². The molecule has 1 rings (SSSR count). The number of benzene rings is 1. The summed E-state index contributed by atoms with van der Waals surface area (Å²) < 4.78 is 10.7. The molecule has 0 heterocycles. The van der Waals surface area contributed by atoms with Gasteiger partial charge in [0.2, 0.25) is 0 Å². The standard InChI is InChI=1S/C19H33N3O2/c1-13(2)14(3)22-18(20-6)21-12-19(4,5)15-9-10-16(23-7)17(11-15)24-8/h9-11,13-14H,12H2,1-8H3,(H2,20,21,22). The van der Waals surface area contributed by atoms with E-state index in [1.165, 1.54) is 5.56 Å². The summed E-state index contributed by atoms with van der Waals surface area (Å²) in [4.78, 5) is 4.32. The highest BCUT2D eigenvalue weighted by molar-refractivity contribution is 5.80. The first-order valence-corrected chi connectivity index (χ1v) is 8.44. The number of hydrogen-bond donors (Lipinski definition) is 2. The van der Waals surface area contributed by atoms with Crippen LogP contribution >= 0.6 is 0 Å². The average Bonchev–Trinajstić information content (AvgIpc) is 2.57. The Morgan fingerprint density at radius 2 is 1.75 bits per heavy atom. The topological polar surface area (TPSA) is 54.9 Å². The molecule has 2 N–H and O–H groups in total. The van der Waals surface area contributed by atoms with E-state index in [0.717, 1.165) is 24.0 Å². The second-order valence-corrected chi connectivity index (χ2v) is 7.06. The maximum absolute atomic E-state index is 5.42. The zero-order valence-corrected chi connectivity index (χ0v) is 16.4. The molecule has 0 aliphatic carbocycles. The van der Waals surface area contributed by atoms with Gasteiger partial charge in [0, 0.05) is 25.0 Å². The third-order valence-electron chi connectivity index (χ3n) is 4.45. The third kappa shape index (κ3) is 5.32. The van der Waals surface area contributed by atoms with E-state index in [2.05, 4.69) is 56.3 Å². The van der Waals surface area contributed by atoms with Crippen LogP contribution in [0.2, 0.25) is 0 Å². The molecule has 1 unspecified atom stereocenters. The molecule has 0 saturated carbocycles. The van der Waals surface area contributed by atoms with Gasteiger partial charge in [-0.1, -0.05) is 33.8 Å². The van der Waals surface area contributed by atoms with E-state index in [4.69, 9.17) is 9.47 Å². The van der Waals surface area contributed by atoms with Crippen LogP contribution in [0.1, 0.15) is 40.2 Å². The van der Waals surface area contributed by atoms with Gasteiger partial charge in [0.25, 0.3) is 0 Å². The summed E-state index contributed by atoms with van der Waals surface area (Å²) in [5.74, 6) is 2.86. The molecule has 0 fully saturated rings.